The van der Waals surface area contributed by atoms with Crippen molar-refractivity contribution in [2.24, 2.45) is 0 Å². The number of benzene rings is 3. The van der Waals surface area contributed by atoms with Crippen molar-refractivity contribution in [1.29, 1.82) is 0 Å². The molecule has 0 saturated heterocycles. The number of carboxylic acid groups (broad SMARTS) is 5. The zero-order valence-electron chi connectivity index (χ0n) is 30.1. The van der Waals surface area contributed by atoms with Gasteiger partial charge in [0.15, 0.2) is 24.7 Å². The van der Waals surface area contributed by atoms with E-state index in [1.54, 1.807) is 18.3 Å². The van der Waals surface area contributed by atoms with Gasteiger partial charge in [-0.2, -0.15) is 39.5 Å². The second-order valence-electron chi connectivity index (χ2n) is 11.2. The molecule has 0 aliphatic heterocycles. The van der Waals surface area contributed by atoms with Gasteiger partial charge in [0.1, 0.15) is 11.5 Å². The predicted molar refractivity (Wildman–Crippen MR) is 181 cm³/mol. The molecule has 0 saturated carbocycles. The van der Waals surface area contributed by atoms with E-state index in [0.717, 1.165) is 17.5 Å². The minimum Gasteiger partial charge on any atom is -0.481 e. The first kappa shape index (κ1) is 50.2. The number of aromatic carboxylic acids is 2. The third-order valence-corrected chi connectivity index (χ3v) is 6.99. The SMILES string of the molecule is CCc1c[nH]c(C(=O)O)c1C.O=C(O)COc1ccccc1OCC(=O)O.O=C(O)Cc1cc(F)ccc1C(F)(F)F.O=C(O)c1cc(C(F)(F)F)ccc1C(F)(F)F. The summed E-state index contributed by atoms with van der Waals surface area (Å²) in [6.07, 6.45) is -12.8. The fraction of sp³-hybridized carbons (Fsp3) is 0.250. The molecule has 4 rings (SSSR count). The lowest BCUT2D eigenvalue weighted by molar-refractivity contribution is -0.141. The maximum absolute atomic E-state index is 12.6. The number of aryl methyl sites for hydroxylation is 1. The smallest absolute Gasteiger partial charge is 0.417 e. The molecule has 0 aliphatic rings. The molecule has 0 fully saturated rings. The number of rotatable bonds is 11. The Morgan fingerprint density at radius 2 is 1.12 bits per heavy atom. The van der Waals surface area contributed by atoms with Gasteiger partial charge in [-0.3, -0.25) is 4.79 Å². The zero-order valence-corrected chi connectivity index (χ0v) is 30.1. The van der Waals surface area contributed by atoms with Gasteiger partial charge in [0.05, 0.1) is 28.7 Å². The lowest BCUT2D eigenvalue weighted by Gasteiger charge is -2.13. The van der Waals surface area contributed by atoms with Crippen LogP contribution in [0.1, 0.15) is 61.2 Å². The highest BCUT2D eigenvalue weighted by atomic mass is 19.4. The highest BCUT2D eigenvalue weighted by molar-refractivity contribution is 5.90. The van der Waals surface area contributed by atoms with Crippen molar-refractivity contribution in [3.05, 3.63) is 117 Å². The number of carbonyl (C=O) groups is 5. The third-order valence-electron chi connectivity index (χ3n) is 6.99. The van der Waals surface area contributed by atoms with Crippen LogP contribution in [0.2, 0.25) is 0 Å². The second kappa shape index (κ2) is 21.6. The molecule has 0 unspecified atom stereocenters. The van der Waals surface area contributed by atoms with Gasteiger partial charge in [-0.25, -0.2) is 23.6 Å². The second-order valence-corrected chi connectivity index (χ2v) is 11.2. The summed E-state index contributed by atoms with van der Waals surface area (Å²) >= 11 is 0. The molecule has 59 heavy (non-hydrogen) atoms. The number of hydrogen-bond donors (Lipinski definition) is 6. The van der Waals surface area contributed by atoms with E-state index in [-0.39, 0.29) is 29.7 Å². The summed E-state index contributed by atoms with van der Waals surface area (Å²) < 4.78 is 133. The van der Waals surface area contributed by atoms with Crippen LogP contribution < -0.4 is 9.47 Å². The monoisotopic (exact) mass is 859 g/mol. The number of aliphatic carboxylic acids is 3. The van der Waals surface area contributed by atoms with Crippen LogP contribution in [0, 0.1) is 12.7 Å². The van der Waals surface area contributed by atoms with Gasteiger partial charge >= 0.3 is 48.4 Å². The fourth-order valence-electron chi connectivity index (χ4n) is 4.39. The maximum atomic E-state index is 12.6. The molecule has 0 atom stereocenters. The van der Waals surface area contributed by atoms with Gasteiger partial charge in [0.2, 0.25) is 0 Å². The molecule has 0 spiro atoms. The van der Waals surface area contributed by atoms with Gasteiger partial charge in [-0.1, -0.05) is 19.1 Å². The van der Waals surface area contributed by atoms with Crippen molar-refractivity contribution in [2.75, 3.05) is 13.2 Å². The van der Waals surface area contributed by atoms with Crippen molar-refractivity contribution in [3.63, 3.8) is 0 Å². The largest absolute Gasteiger partial charge is 0.481 e. The van der Waals surface area contributed by atoms with Crippen LogP contribution in [-0.2, 0) is 45.8 Å². The average molecular weight is 860 g/mol. The Balaban J connectivity index is 0.000000397. The van der Waals surface area contributed by atoms with E-state index in [1.165, 1.54) is 12.1 Å². The predicted octanol–water partition coefficient (Wildman–Crippen LogP) is 8.09. The molecule has 1 heterocycles. The van der Waals surface area contributed by atoms with Crippen molar-refractivity contribution in [3.8, 4) is 11.5 Å². The van der Waals surface area contributed by atoms with E-state index in [4.69, 9.17) is 35.0 Å². The van der Waals surface area contributed by atoms with Crippen LogP contribution in [0.4, 0.5) is 43.9 Å². The maximum Gasteiger partial charge on any atom is 0.417 e. The average Bonchev–Trinajstić information content (AvgIpc) is 3.49. The van der Waals surface area contributed by atoms with Gasteiger partial charge in [-0.15, -0.1) is 0 Å². The molecule has 1 aromatic heterocycles. The van der Waals surface area contributed by atoms with Crippen molar-refractivity contribution in [2.45, 2.75) is 45.2 Å². The highest BCUT2D eigenvalue weighted by Crippen LogP contribution is 2.37. The number of halogens is 10. The van der Waals surface area contributed by atoms with Crippen LogP contribution in [0.25, 0.3) is 0 Å². The van der Waals surface area contributed by atoms with Crippen molar-refractivity contribution >= 4 is 29.8 Å². The zero-order chi connectivity index (χ0) is 45.5. The molecule has 0 bridgehead atoms. The van der Waals surface area contributed by atoms with Crippen LogP contribution in [-0.4, -0.2) is 73.6 Å². The van der Waals surface area contributed by atoms with E-state index in [2.05, 4.69) is 4.98 Å². The fourth-order valence-corrected chi connectivity index (χ4v) is 4.39. The van der Waals surface area contributed by atoms with Crippen molar-refractivity contribution < 1.29 is 103 Å². The highest BCUT2D eigenvalue weighted by Gasteiger charge is 2.38. The molecule has 4 aromatic rings. The number of ether oxygens (including phenoxy) is 2. The first-order valence-electron chi connectivity index (χ1n) is 15.9. The summed E-state index contributed by atoms with van der Waals surface area (Å²) in [4.78, 5) is 54.6. The molecule has 6 N–H and O–H groups in total. The minimum absolute atomic E-state index is 0.0366. The molecular formula is C36H31F10NO12. The Kier molecular flexibility index (Phi) is 18.4. The van der Waals surface area contributed by atoms with E-state index in [0.29, 0.717) is 23.9 Å². The van der Waals surface area contributed by atoms with Crippen molar-refractivity contribution in [1.82, 2.24) is 4.98 Å². The Morgan fingerprint density at radius 3 is 1.47 bits per heavy atom. The van der Waals surface area contributed by atoms with Gasteiger partial charge in [-0.05, 0) is 78.6 Å². The summed E-state index contributed by atoms with van der Waals surface area (Å²) in [5.41, 5.74) is -3.95. The lowest BCUT2D eigenvalue weighted by Crippen LogP contribution is -2.15. The van der Waals surface area contributed by atoms with E-state index in [9.17, 15) is 67.9 Å². The minimum atomic E-state index is -5.02. The summed E-state index contributed by atoms with van der Waals surface area (Å²) in [6.45, 7) is 2.81. The molecular weight excluding hydrogens is 828 g/mol. The van der Waals surface area contributed by atoms with Gasteiger partial charge < -0.3 is 40.0 Å². The number of aromatic nitrogens is 1. The van der Waals surface area contributed by atoms with Crippen LogP contribution in [0.3, 0.4) is 0 Å². The Bertz CT molecular complexity index is 2050. The van der Waals surface area contributed by atoms with E-state index < -0.39 is 102 Å². The van der Waals surface area contributed by atoms with Crippen LogP contribution in [0.15, 0.2) is 66.9 Å². The Hall–Kier alpha value is -6.81. The summed E-state index contributed by atoms with van der Waals surface area (Å²) in [7, 11) is 0. The molecule has 0 amide bonds. The number of hydrogen-bond acceptors (Lipinski definition) is 7. The number of alkyl halides is 9. The molecule has 0 radical (unpaired) electrons. The Morgan fingerprint density at radius 1 is 0.627 bits per heavy atom. The summed E-state index contributed by atoms with van der Waals surface area (Å²) in [6, 6.07) is 8.28. The quantitative estimate of drug-likeness (QED) is 0.0788. The number of H-pyrrole nitrogens is 1. The summed E-state index contributed by atoms with van der Waals surface area (Å²) in [5, 5.41) is 42.3. The first-order valence-corrected chi connectivity index (χ1v) is 15.9. The van der Waals surface area contributed by atoms with E-state index in [1.807, 2.05) is 13.8 Å². The standard InChI is InChI=1S/C10H10O6.C9H4F6O2.C9H6F4O2.C8H11NO2/c11-9(12)5-15-7-3-1-2-4-8(7)16-6-10(13)14;10-8(11,12)4-1-2-6(9(13,14)15)5(3-4)7(16)17;10-6-1-2-7(9(11,12)13)5(3-6)4-8(14)15;1-3-6-4-9-7(5(6)2)8(10)11/h1-4H,5-6H2,(H,11,12)(H,13,14);1-3H,(H,16,17);1-3H,4H2,(H,14,15);4,9H,3H2,1-2H3,(H,10,11). The third kappa shape index (κ3) is 17.1. The molecule has 23 heteroatoms. The van der Waals surface area contributed by atoms with Crippen LogP contribution in [0.5, 0.6) is 11.5 Å². The molecule has 0 aliphatic carbocycles. The van der Waals surface area contributed by atoms with Crippen LogP contribution >= 0.6 is 0 Å². The van der Waals surface area contributed by atoms with Gasteiger partial charge in [0, 0.05) is 6.20 Å². The normalized spacial score (nSPS) is 11.0. The Labute approximate surface area is 325 Å². The number of carboxylic acids is 5. The van der Waals surface area contributed by atoms with E-state index >= 15 is 0 Å². The topological polar surface area (TPSA) is 221 Å². The molecule has 3 aromatic carbocycles. The summed E-state index contributed by atoms with van der Waals surface area (Å²) in [5.74, 6) is -7.12. The molecule has 13 nitrogen and oxygen atoms in total. The number of aromatic amines is 1. The lowest BCUT2D eigenvalue weighted by atomic mass is 10.0. The van der Waals surface area contributed by atoms with Gasteiger partial charge in [0.25, 0.3) is 0 Å². The first-order chi connectivity index (χ1) is 27.1. The number of nitrogens with one attached hydrogen (secondary N) is 1. The molecule has 322 valence electrons. The number of para-hydroxylation sites is 2.